The Morgan fingerprint density at radius 2 is 1.67 bits per heavy atom. The first kappa shape index (κ1) is 21.4. The topological polar surface area (TPSA) is 88.9 Å². The monoisotopic (exact) mass is 411 g/mol. The van der Waals surface area contributed by atoms with E-state index in [0.717, 1.165) is 26.8 Å². The fraction of sp³-hybridized carbons (Fsp3) is 0.364. The highest BCUT2D eigenvalue weighted by atomic mass is 16.5. The highest BCUT2D eigenvalue weighted by Gasteiger charge is 2.45. The third kappa shape index (κ3) is 3.91. The Hall–Kier alpha value is -3.26. The van der Waals surface area contributed by atoms with Crippen LogP contribution in [-0.4, -0.2) is 58.3 Å². The molecule has 0 radical (unpaired) electrons. The number of urea groups is 1. The molecule has 30 heavy (non-hydrogen) atoms. The first-order valence-corrected chi connectivity index (χ1v) is 9.68. The Balaban J connectivity index is 1.78. The van der Waals surface area contributed by atoms with Crippen LogP contribution in [0.25, 0.3) is 0 Å². The number of benzene rings is 1. The van der Waals surface area contributed by atoms with Crippen molar-refractivity contribution in [3.8, 4) is 0 Å². The number of Topliss-reactive ketones (excluding diaryl/α,β-unsaturated/α-hetero) is 1. The van der Waals surface area contributed by atoms with E-state index in [1.54, 1.807) is 37.4 Å². The number of ketones is 1. The van der Waals surface area contributed by atoms with Gasteiger partial charge in [0, 0.05) is 24.1 Å². The number of methoxy groups -OCH3 is 1. The molecule has 1 aliphatic heterocycles. The summed E-state index contributed by atoms with van der Waals surface area (Å²) in [6.07, 6.45) is 0. The largest absolute Gasteiger partial charge is 0.383 e. The van der Waals surface area contributed by atoms with Crippen LogP contribution >= 0.6 is 0 Å². The lowest BCUT2D eigenvalue weighted by Crippen LogP contribution is -2.37. The van der Waals surface area contributed by atoms with Crippen LogP contribution in [0.2, 0.25) is 0 Å². The first-order valence-electron chi connectivity index (χ1n) is 9.68. The van der Waals surface area contributed by atoms with Crippen LogP contribution in [0.15, 0.2) is 36.4 Å². The zero-order valence-electron chi connectivity index (χ0n) is 17.5. The van der Waals surface area contributed by atoms with E-state index in [9.17, 15) is 19.2 Å². The Kier molecular flexibility index (Phi) is 6.17. The van der Waals surface area contributed by atoms with Gasteiger partial charge in [-0.1, -0.05) is 30.3 Å². The van der Waals surface area contributed by atoms with Crippen LogP contribution < -0.4 is 0 Å². The van der Waals surface area contributed by atoms with E-state index in [2.05, 4.69) is 0 Å². The zero-order valence-corrected chi connectivity index (χ0v) is 17.5. The number of hydrogen-bond donors (Lipinski definition) is 0. The summed E-state index contributed by atoms with van der Waals surface area (Å²) in [7, 11) is 1.61. The van der Waals surface area contributed by atoms with Gasteiger partial charge in [0.2, 0.25) is 0 Å². The van der Waals surface area contributed by atoms with Crippen molar-refractivity contribution in [3.05, 3.63) is 58.9 Å². The maximum Gasteiger partial charge on any atom is 0.334 e. The highest BCUT2D eigenvalue weighted by Crippen LogP contribution is 2.23. The van der Waals surface area contributed by atoms with Gasteiger partial charge in [0.1, 0.15) is 0 Å². The van der Waals surface area contributed by atoms with Gasteiger partial charge in [0.25, 0.3) is 0 Å². The van der Waals surface area contributed by atoms with E-state index in [1.165, 1.54) is 0 Å². The lowest BCUT2D eigenvalue weighted by Gasteiger charge is -2.18. The van der Waals surface area contributed by atoms with Crippen LogP contribution in [0.1, 0.15) is 40.3 Å². The van der Waals surface area contributed by atoms with Crippen LogP contribution in [0, 0.1) is 13.8 Å². The number of aryl methyl sites for hydroxylation is 1. The summed E-state index contributed by atoms with van der Waals surface area (Å²) in [5.41, 5.74) is 2.75. The number of ether oxygens (including phenoxy) is 1. The molecule has 3 rings (SSSR count). The predicted molar refractivity (Wildman–Crippen MR) is 109 cm³/mol. The van der Waals surface area contributed by atoms with Crippen molar-refractivity contribution in [2.75, 3.05) is 20.3 Å². The summed E-state index contributed by atoms with van der Waals surface area (Å²) in [6, 6.07) is 9.88. The number of rotatable bonds is 8. The second-order valence-electron chi connectivity index (χ2n) is 7.43. The van der Waals surface area contributed by atoms with Gasteiger partial charge in [0.05, 0.1) is 25.7 Å². The molecule has 1 fully saturated rings. The molecule has 1 saturated heterocycles. The van der Waals surface area contributed by atoms with Crippen LogP contribution in [-0.2, 0) is 20.9 Å². The standard InChI is InChI=1S/C22H25N3O5/c1-14-10-18(16(3)25(14)15(2)13-30-4)19(26)12-24-21(28)20(27)23(22(24)29)11-17-8-6-5-7-9-17/h5-10,15H,11-13H2,1-4H3/t15-/m1/s1. The zero-order chi connectivity index (χ0) is 22.0. The van der Waals surface area contributed by atoms with E-state index in [-0.39, 0.29) is 12.6 Å². The van der Waals surface area contributed by atoms with Crippen molar-refractivity contribution in [1.82, 2.24) is 14.4 Å². The molecule has 0 aliphatic carbocycles. The minimum Gasteiger partial charge on any atom is -0.383 e. The minimum atomic E-state index is -0.981. The average molecular weight is 411 g/mol. The molecule has 0 saturated carbocycles. The molecule has 8 nitrogen and oxygen atoms in total. The lowest BCUT2D eigenvalue weighted by molar-refractivity contribution is -0.143. The summed E-state index contributed by atoms with van der Waals surface area (Å²) in [4.78, 5) is 51.9. The van der Waals surface area contributed by atoms with Gasteiger partial charge < -0.3 is 9.30 Å². The van der Waals surface area contributed by atoms with Crippen molar-refractivity contribution in [2.45, 2.75) is 33.4 Å². The molecule has 0 N–H and O–H groups in total. The van der Waals surface area contributed by atoms with E-state index in [1.807, 2.05) is 31.4 Å². The predicted octanol–water partition coefficient (Wildman–Crippen LogP) is 2.49. The second-order valence-corrected chi connectivity index (χ2v) is 7.43. The fourth-order valence-electron chi connectivity index (χ4n) is 3.88. The van der Waals surface area contributed by atoms with E-state index < -0.39 is 30.2 Å². The van der Waals surface area contributed by atoms with Gasteiger partial charge in [-0.15, -0.1) is 0 Å². The van der Waals surface area contributed by atoms with Crippen molar-refractivity contribution < 1.29 is 23.9 Å². The van der Waals surface area contributed by atoms with E-state index in [0.29, 0.717) is 12.2 Å². The van der Waals surface area contributed by atoms with Crippen molar-refractivity contribution in [1.29, 1.82) is 0 Å². The van der Waals surface area contributed by atoms with Crippen molar-refractivity contribution >= 4 is 23.6 Å². The molecule has 2 aromatic rings. The summed E-state index contributed by atoms with van der Waals surface area (Å²) >= 11 is 0. The van der Waals surface area contributed by atoms with Gasteiger partial charge in [-0.3, -0.25) is 19.3 Å². The van der Waals surface area contributed by atoms with Crippen molar-refractivity contribution in [3.63, 3.8) is 0 Å². The fourth-order valence-corrected chi connectivity index (χ4v) is 3.88. The number of amides is 4. The lowest BCUT2D eigenvalue weighted by atomic mass is 10.1. The van der Waals surface area contributed by atoms with Gasteiger partial charge in [-0.2, -0.15) is 0 Å². The molecular weight excluding hydrogens is 386 g/mol. The smallest absolute Gasteiger partial charge is 0.334 e. The van der Waals surface area contributed by atoms with E-state index in [4.69, 9.17) is 4.74 Å². The summed E-state index contributed by atoms with van der Waals surface area (Å²) in [5.74, 6) is -2.29. The SMILES string of the molecule is COC[C@@H](C)n1c(C)cc(C(=O)CN2C(=O)C(=O)N(Cc3ccccc3)C2=O)c1C. The van der Waals surface area contributed by atoms with Crippen LogP contribution in [0.4, 0.5) is 4.79 Å². The number of carbonyl (C=O) groups is 4. The third-order valence-electron chi connectivity index (χ3n) is 5.25. The summed E-state index contributed by atoms with van der Waals surface area (Å²) in [5, 5.41) is 0. The summed E-state index contributed by atoms with van der Waals surface area (Å²) in [6.45, 7) is 5.66. The van der Waals surface area contributed by atoms with Gasteiger partial charge in [0.15, 0.2) is 5.78 Å². The normalized spacial score (nSPS) is 15.3. The second kappa shape index (κ2) is 8.62. The van der Waals surface area contributed by atoms with Crippen LogP contribution in [0.5, 0.6) is 0 Å². The maximum absolute atomic E-state index is 12.9. The average Bonchev–Trinajstić information content (AvgIpc) is 3.12. The number of hydrogen-bond acceptors (Lipinski definition) is 5. The molecule has 1 aliphatic rings. The molecule has 0 unspecified atom stereocenters. The maximum atomic E-state index is 12.9. The minimum absolute atomic E-state index is 0.0159. The number of imide groups is 2. The molecule has 4 amide bonds. The molecule has 1 aromatic carbocycles. The Bertz CT molecular complexity index is 996. The number of nitrogens with zero attached hydrogens (tertiary/aromatic N) is 3. The first-order chi connectivity index (χ1) is 14.3. The Morgan fingerprint density at radius 3 is 2.30 bits per heavy atom. The van der Waals surface area contributed by atoms with Gasteiger partial charge in [-0.25, -0.2) is 9.69 Å². The summed E-state index contributed by atoms with van der Waals surface area (Å²) < 4.78 is 7.18. The molecule has 0 spiro atoms. The highest BCUT2D eigenvalue weighted by molar-refractivity contribution is 6.45. The molecule has 2 heterocycles. The quantitative estimate of drug-likeness (QED) is 0.378. The molecule has 8 heteroatoms. The number of aromatic nitrogens is 1. The van der Waals surface area contributed by atoms with Gasteiger partial charge in [-0.05, 0) is 32.4 Å². The Labute approximate surface area is 175 Å². The molecular formula is C22H25N3O5. The molecule has 0 bridgehead atoms. The molecule has 158 valence electrons. The third-order valence-corrected chi connectivity index (χ3v) is 5.25. The molecule has 1 aromatic heterocycles. The Morgan fingerprint density at radius 1 is 1.03 bits per heavy atom. The number of carbonyl (C=O) groups excluding carboxylic acids is 4. The van der Waals surface area contributed by atoms with E-state index >= 15 is 0 Å². The van der Waals surface area contributed by atoms with Crippen molar-refractivity contribution in [2.24, 2.45) is 0 Å². The van der Waals surface area contributed by atoms with Crippen LogP contribution in [0.3, 0.4) is 0 Å². The van der Waals surface area contributed by atoms with Gasteiger partial charge >= 0.3 is 17.8 Å². The molecule has 1 atom stereocenters.